The van der Waals surface area contributed by atoms with Crippen LogP contribution in [0.4, 0.5) is 0 Å². The van der Waals surface area contributed by atoms with E-state index in [-0.39, 0.29) is 0 Å². The summed E-state index contributed by atoms with van der Waals surface area (Å²) in [4.78, 5) is 15.9. The van der Waals surface area contributed by atoms with Crippen LogP contribution < -0.4 is 0 Å². The standard InChI is InChI=1S/C14H11Cl2NO2/c1-2-19-14(18)12-7-10(15)4-5-11(12)9-3-6-13(16)17-8-9/h3-8H,2H2,1H3. The van der Waals surface area contributed by atoms with Gasteiger partial charge in [-0.15, -0.1) is 0 Å². The van der Waals surface area contributed by atoms with Gasteiger partial charge < -0.3 is 4.74 Å². The van der Waals surface area contributed by atoms with E-state index in [1.165, 1.54) is 0 Å². The lowest BCUT2D eigenvalue weighted by Gasteiger charge is -2.09. The minimum atomic E-state index is -0.407. The molecule has 5 heteroatoms. The lowest BCUT2D eigenvalue weighted by molar-refractivity contribution is 0.0527. The molecule has 0 aliphatic rings. The summed E-state index contributed by atoms with van der Waals surface area (Å²) in [7, 11) is 0. The highest BCUT2D eigenvalue weighted by atomic mass is 35.5. The molecule has 0 atom stereocenters. The summed E-state index contributed by atoms with van der Waals surface area (Å²) in [6.07, 6.45) is 1.61. The van der Waals surface area contributed by atoms with E-state index >= 15 is 0 Å². The van der Waals surface area contributed by atoms with Crippen molar-refractivity contribution in [2.45, 2.75) is 6.92 Å². The van der Waals surface area contributed by atoms with Gasteiger partial charge in [-0.1, -0.05) is 29.3 Å². The molecule has 0 radical (unpaired) electrons. The third kappa shape index (κ3) is 3.25. The van der Waals surface area contributed by atoms with E-state index in [0.29, 0.717) is 27.9 Å². The van der Waals surface area contributed by atoms with Crippen molar-refractivity contribution < 1.29 is 9.53 Å². The molecule has 1 aromatic heterocycles. The second-order valence-electron chi connectivity index (χ2n) is 3.78. The first-order valence-corrected chi connectivity index (χ1v) is 6.46. The summed E-state index contributed by atoms with van der Waals surface area (Å²) in [5.74, 6) is -0.407. The van der Waals surface area contributed by atoms with Crippen molar-refractivity contribution in [3.05, 3.63) is 52.3 Å². The van der Waals surface area contributed by atoms with Gasteiger partial charge in [0.25, 0.3) is 0 Å². The highest BCUT2D eigenvalue weighted by Crippen LogP contribution is 2.27. The van der Waals surface area contributed by atoms with E-state index in [1.807, 2.05) is 0 Å². The Hall–Kier alpha value is -1.58. The molecule has 1 aromatic carbocycles. The Kier molecular flexibility index (Phi) is 4.40. The maximum Gasteiger partial charge on any atom is 0.338 e. The summed E-state index contributed by atoms with van der Waals surface area (Å²) in [5, 5.41) is 0.879. The number of rotatable bonds is 3. The molecule has 0 saturated carbocycles. The van der Waals surface area contributed by atoms with Crippen molar-refractivity contribution in [2.24, 2.45) is 0 Å². The highest BCUT2D eigenvalue weighted by Gasteiger charge is 2.14. The van der Waals surface area contributed by atoms with Crippen molar-refractivity contribution in [1.29, 1.82) is 0 Å². The van der Waals surface area contributed by atoms with Crippen molar-refractivity contribution in [3.63, 3.8) is 0 Å². The first kappa shape index (κ1) is 13.8. The Bertz CT molecular complexity index is 597. The number of carbonyl (C=O) groups excluding carboxylic acids is 1. The number of carbonyl (C=O) groups is 1. The maximum absolute atomic E-state index is 11.9. The van der Waals surface area contributed by atoms with Gasteiger partial charge in [-0.25, -0.2) is 9.78 Å². The van der Waals surface area contributed by atoms with Crippen LogP contribution in [0.15, 0.2) is 36.5 Å². The first-order chi connectivity index (χ1) is 9.11. The minimum Gasteiger partial charge on any atom is -0.462 e. The molecule has 2 rings (SSSR count). The number of hydrogen-bond acceptors (Lipinski definition) is 3. The van der Waals surface area contributed by atoms with Crippen LogP contribution in [-0.2, 0) is 4.74 Å². The van der Waals surface area contributed by atoms with E-state index in [9.17, 15) is 4.79 Å². The van der Waals surface area contributed by atoms with Gasteiger partial charge >= 0.3 is 5.97 Å². The van der Waals surface area contributed by atoms with Gasteiger partial charge in [0.1, 0.15) is 5.15 Å². The number of benzene rings is 1. The Balaban J connectivity index is 2.50. The zero-order chi connectivity index (χ0) is 13.8. The molecule has 0 aliphatic heterocycles. The van der Waals surface area contributed by atoms with Crippen LogP contribution in [0.5, 0.6) is 0 Å². The van der Waals surface area contributed by atoms with Gasteiger partial charge in [-0.3, -0.25) is 0 Å². The van der Waals surface area contributed by atoms with Gasteiger partial charge in [-0.05, 0) is 36.8 Å². The topological polar surface area (TPSA) is 39.2 Å². The molecule has 0 spiro atoms. The molecule has 0 aliphatic carbocycles. The maximum atomic E-state index is 11.9. The lowest BCUT2D eigenvalue weighted by Crippen LogP contribution is -2.06. The van der Waals surface area contributed by atoms with Gasteiger partial charge in [0.2, 0.25) is 0 Å². The molecule has 0 N–H and O–H groups in total. The summed E-state index contributed by atoms with van der Waals surface area (Å²) in [6, 6.07) is 8.53. The number of nitrogens with zero attached hydrogens (tertiary/aromatic N) is 1. The Morgan fingerprint density at radius 2 is 2.05 bits per heavy atom. The fourth-order valence-electron chi connectivity index (χ4n) is 1.68. The van der Waals surface area contributed by atoms with Crippen molar-refractivity contribution >= 4 is 29.2 Å². The van der Waals surface area contributed by atoms with Crippen LogP contribution in [0.2, 0.25) is 10.2 Å². The molecule has 0 fully saturated rings. The van der Waals surface area contributed by atoms with E-state index in [1.54, 1.807) is 43.5 Å². The number of pyridine rings is 1. The zero-order valence-electron chi connectivity index (χ0n) is 10.2. The van der Waals surface area contributed by atoms with Crippen LogP contribution in [0.3, 0.4) is 0 Å². The van der Waals surface area contributed by atoms with Crippen LogP contribution in [-0.4, -0.2) is 17.6 Å². The molecule has 1 heterocycles. The van der Waals surface area contributed by atoms with Crippen LogP contribution in [0, 0.1) is 0 Å². The molecule has 2 aromatic rings. The van der Waals surface area contributed by atoms with E-state index in [0.717, 1.165) is 5.56 Å². The Morgan fingerprint density at radius 1 is 1.26 bits per heavy atom. The second kappa shape index (κ2) is 6.04. The number of esters is 1. The van der Waals surface area contributed by atoms with E-state index < -0.39 is 5.97 Å². The highest BCUT2D eigenvalue weighted by molar-refractivity contribution is 6.31. The number of ether oxygens (including phenoxy) is 1. The average molecular weight is 296 g/mol. The number of halogens is 2. The monoisotopic (exact) mass is 295 g/mol. The Labute approximate surface area is 121 Å². The molecule has 0 amide bonds. The van der Waals surface area contributed by atoms with Crippen molar-refractivity contribution in [1.82, 2.24) is 4.98 Å². The molecule has 98 valence electrons. The molecule has 0 saturated heterocycles. The fraction of sp³-hybridized carbons (Fsp3) is 0.143. The SMILES string of the molecule is CCOC(=O)c1cc(Cl)ccc1-c1ccc(Cl)nc1. The lowest BCUT2D eigenvalue weighted by atomic mass is 10.0. The van der Waals surface area contributed by atoms with Gasteiger partial charge in [0.15, 0.2) is 0 Å². The van der Waals surface area contributed by atoms with E-state index in [4.69, 9.17) is 27.9 Å². The second-order valence-corrected chi connectivity index (χ2v) is 4.60. The van der Waals surface area contributed by atoms with Gasteiger partial charge in [-0.2, -0.15) is 0 Å². The minimum absolute atomic E-state index is 0.309. The number of hydrogen-bond donors (Lipinski definition) is 0. The molecular formula is C14H11Cl2NO2. The van der Waals surface area contributed by atoms with Crippen LogP contribution in [0.1, 0.15) is 17.3 Å². The largest absolute Gasteiger partial charge is 0.462 e. The zero-order valence-corrected chi connectivity index (χ0v) is 11.7. The number of aromatic nitrogens is 1. The molecule has 19 heavy (non-hydrogen) atoms. The molecular weight excluding hydrogens is 285 g/mol. The summed E-state index contributed by atoms with van der Waals surface area (Å²) in [6.45, 7) is 2.07. The fourth-order valence-corrected chi connectivity index (χ4v) is 1.96. The molecule has 3 nitrogen and oxygen atoms in total. The normalized spacial score (nSPS) is 10.3. The molecule has 0 bridgehead atoms. The third-order valence-electron chi connectivity index (χ3n) is 2.52. The predicted octanol–water partition coefficient (Wildman–Crippen LogP) is 4.23. The quantitative estimate of drug-likeness (QED) is 0.628. The van der Waals surface area contributed by atoms with Gasteiger partial charge in [0, 0.05) is 16.8 Å². The summed E-state index contributed by atoms with van der Waals surface area (Å²) < 4.78 is 5.02. The average Bonchev–Trinajstić information content (AvgIpc) is 2.40. The summed E-state index contributed by atoms with van der Waals surface area (Å²) >= 11 is 11.7. The first-order valence-electron chi connectivity index (χ1n) is 5.70. The third-order valence-corrected chi connectivity index (χ3v) is 2.97. The summed E-state index contributed by atoms with van der Waals surface area (Å²) in [5.41, 5.74) is 1.91. The van der Waals surface area contributed by atoms with Crippen molar-refractivity contribution in [2.75, 3.05) is 6.61 Å². The van der Waals surface area contributed by atoms with Crippen LogP contribution in [0.25, 0.3) is 11.1 Å². The Morgan fingerprint density at radius 3 is 2.68 bits per heavy atom. The predicted molar refractivity (Wildman–Crippen MR) is 75.6 cm³/mol. The van der Waals surface area contributed by atoms with Gasteiger partial charge in [0.05, 0.1) is 12.2 Å². The molecule has 0 unspecified atom stereocenters. The van der Waals surface area contributed by atoms with Crippen LogP contribution >= 0.6 is 23.2 Å². The van der Waals surface area contributed by atoms with Crippen molar-refractivity contribution in [3.8, 4) is 11.1 Å². The smallest absolute Gasteiger partial charge is 0.338 e. The van der Waals surface area contributed by atoms with E-state index in [2.05, 4.69) is 4.98 Å².